The minimum atomic E-state index is -1.16. The Bertz CT molecular complexity index is 219. The topological polar surface area (TPSA) is 80.3 Å². The zero-order valence-corrected chi connectivity index (χ0v) is 11.7. The van der Waals surface area contributed by atoms with E-state index in [-0.39, 0.29) is 57.6 Å². The molecule has 1 saturated carbocycles. The van der Waals surface area contributed by atoms with Gasteiger partial charge in [-0.25, -0.2) is 0 Å². The smallest absolute Gasteiger partial charge is 0.550 e. The molecule has 0 bridgehead atoms. The number of carbonyl (C=O) groups is 2. The molecular formula is C10H14Ag2O4. The van der Waals surface area contributed by atoms with E-state index >= 15 is 0 Å². The molecule has 0 unspecified atom stereocenters. The zero-order valence-electron chi connectivity index (χ0n) is 8.69. The number of hydrogen-bond donors (Lipinski definition) is 0. The van der Waals surface area contributed by atoms with Crippen LogP contribution in [0.1, 0.15) is 44.9 Å². The molecule has 0 atom stereocenters. The van der Waals surface area contributed by atoms with Crippen molar-refractivity contribution in [2.45, 2.75) is 44.9 Å². The van der Waals surface area contributed by atoms with Crippen LogP contribution < -0.4 is 10.2 Å². The van der Waals surface area contributed by atoms with Crippen molar-refractivity contribution in [3.05, 3.63) is 0 Å². The molecule has 0 aromatic heterocycles. The number of carboxylic acid groups (broad SMARTS) is 2. The van der Waals surface area contributed by atoms with Crippen LogP contribution in [0.5, 0.6) is 0 Å². The van der Waals surface area contributed by atoms with Gasteiger partial charge in [0.1, 0.15) is 0 Å². The van der Waals surface area contributed by atoms with Crippen LogP contribution in [0, 0.1) is 5.41 Å². The van der Waals surface area contributed by atoms with E-state index in [2.05, 4.69) is 0 Å². The summed E-state index contributed by atoms with van der Waals surface area (Å²) in [7, 11) is 0. The molecule has 0 radical (unpaired) electrons. The quantitative estimate of drug-likeness (QED) is 0.566. The van der Waals surface area contributed by atoms with Gasteiger partial charge in [-0.1, -0.05) is 19.3 Å². The van der Waals surface area contributed by atoms with E-state index in [4.69, 9.17) is 0 Å². The van der Waals surface area contributed by atoms with Crippen molar-refractivity contribution in [2.24, 2.45) is 5.41 Å². The van der Waals surface area contributed by atoms with Gasteiger partial charge in [0.05, 0.1) is 0 Å². The summed E-state index contributed by atoms with van der Waals surface area (Å²) in [5.74, 6) is -2.32. The summed E-state index contributed by atoms with van der Waals surface area (Å²) in [4.78, 5) is 21.1. The number of carboxylic acids is 2. The van der Waals surface area contributed by atoms with Crippen LogP contribution in [0.2, 0.25) is 0 Å². The van der Waals surface area contributed by atoms with Gasteiger partial charge in [0.15, 0.2) is 0 Å². The molecule has 1 aliphatic rings. The molecule has 16 heavy (non-hydrogen) atoms. The Morgan fingerprint density at radius 2 is 1.25 bits per heavy atom. The van der Waals surface area contributed by atoms with Gasteiger partial charge >= 0.3 is 44.8 Å². The molecule has 0 heterocycles. The van der Waals surface area contributed by atoms with E-state index in [1.807, 2.05) is 0 Å². The molecule has 0 amide bonds. The van der Waals surface area contributed by atoms with Gasteiger partial charge in [0.25, 0.3) is 0 Å². The van der Waals surface area contributed by atoms with E-state index in [0.29, 0.717) is 12.8 Å². The summed E-state index contributed by atoms with van der Waals surface area (Å²) < 4.78 is 0. The van der Waals surface area contributed by atoms with Crippen molar-refractivity contribution in [2.75, 3.05) is 0 Å². The molecule has 0 aromatic carbocycles. The first kappa shape index (κ1) is 18.8. The first-order valence-electron chi connectivity index (χ1n) is 4.94. The predicted molar refractivity (Wildman–Crippen MR) is 44.8 cm³/mol. The van der Waals surface area contributed by atoms with Gasteiger partial charge in [-0.3, -0.25) is 0 Å². The Morgan fingerprint density at radius 3 is 1.56 bits per heavy atom. The van der Waals surface area contributed by atoms with E-state index in [1.54, 1.807) is 0 Å². The number of hydrogen-bond acceptors (Lipinski definition) is 4. The molecule has 0 aromatic rings. The maximum Gasteiger partial charge on any atom is 1.00 e. The standard InChI is InChI=1S/C10H16O4.2Ag/c11-8(12)6-10(7-9(13)14)4-2-1-3-5-10;;/h1-7H2,(H,11,12)(H,13,14);;/q;2*+1/p-2. The number of carbonyl (C=O) groups excluding carboxylic acids is 2. The molecule has 0 aliphatic heterocycles. The largest absolute Gasteiger partial charge is 1.00 e. The molecule has 0 saturated heterocycles. The second-order valence-electron chi connectivity index (χ2n) is 4.16. The summed E-state index contributed by atoms with van der Waals surface area (Å²) in [6, 6.07) is 0. The van der Waals surface area contributed by atoms with Crippen LogP contribution in [-0.4, -0.2) is 11.9 Å². The summed E-state index contributed by atoms with van der Waals surface area (Å²) in [6.07, 6.45) is 3.88. The third kappa shape index (κ3) is 6.23. The maximum absolute atomic E-state index is 10.5. The van der Waals surface area contributed by atoms with Gasteiger partial charge in [0, 0.05) is 11.9 Å². The fraction of sp³-hybridized carbons (Fsp3) is 0.800. The molecule has 1 aliphatic carbocycles. The third-order valence-electron chi connectivity index (χ3n) is 2.95. The number of aliphatic carboxylic acids is 2. The molecule has 0 N–H and O–H groups in total. The van der Waals surface area contributed by atoms with E-state index in [9.17, 15) is 19.8 Å². The second-order valence-corrected chi connectivity index (χ2v) is 4.16. The van der Waals surface area contributed by atoms with Crippen molar-refractivity contribution < 1.29 is 64.6 Å². The average molecular weight is 414 g/mol. The van der Waals surface area contributed by atoms with Crippen molar-refractivity contribution in [1.82, 2.24) is 0 Å². The Kier molecular flexibility index (Phi) is 9.98. The Morgan fingerprint density at radius 1 is 0.875 bits per heavy atom. The summed E-state index contributed by atoms with van der Waals surface area (Å²) in [5, 5.41) is 21.1. The van der Waals surface area contributed by atoms with Crippen molar-refractivity contribution >= 4 is 11.9 Å². The van der Waals surface area contributed by atoms with Crippen molar-refractivity contribution in [3.63, 3.8) is 0 Å². The van der Waals surface area contributed by atoms with Crippen LogP contribution in [-0.2, 0) is 54.3 Å². The van der Waals surface area contributed by atoms with Gasteiger partial charge in [-0.2, -0.15) is 0 Å². The maximum atomic E-state index is 10.5. The molecule has 6 heteroatoms. The minimum Gasteiger partial charge on any atom is -0.550 e. The summed E-state index contributed by atoms with van der Waals surface area (Å²) in [6.45, 7) is 0. The molecule has 100 valence electrons. The Balaban J connectivity index is 0. The average Bonchev–Trinajstić information content (AvgIpc) is 2.01. The normalized spacial score (nSPS) is 17.8. The Hall–Kier alpha value is 0.421. The minimum absolute atomic E-state index is 0. The summed E-state index contributed by atoms with van der Waals surface area (Å²) in [5.41, 5.74) is -0.601. The third-order valence-corrected chi connectivity index (χ3v) is 2.95. The van der Waals surface area contributed by atoms with Gasteiger partial charge < -0.3 is 19.8 Å². The van der Waals surface area contributed by atoms with Crippen molar-refractivity contribution in [3.8, 4) is 0 Å². The number of rotatable bonds is 4. The predicted octanol–water partition coefficient (Wildman–Crippen LogP) is -0.788. The SMILES string of the molecule is O=C([O-])CC1(CC(=O)[O-])CCCCC1.[Ag+].[Ag+]. The first-order chi connectivity index (χ1) is 6.54. The molecule has 0 spiro atoms. The van der Waals surface area contributed by atoms with E-state index < -0.39 is 17.4 Å². The second kappa shape index (κ2) is 8.50. The molecule has 1 rings (SSSR count). The fourth-order valence-corrected chi connectivity index (χ4v) is 2.33. The van der Waals surface area contributed by atoms with Gasteiger partial charge in [-0.15, -0.1) is 0 Å². The van der Waals surface area contributed by atoms with Gasteiger partial charge in [0.2, 0.25) is 0 Å². The van der Waals surface area contributed by atoms with Crippen LogP contribution in [0.25, 0.3) is 0 Å². The molecule has 4 nitrogen and oxygen atoms in total. The van der Waals surface area contributed by atoms with Crippen LogP contribution >= 0.6 is 0 Å². The fourth-order valence-electron chi connectivity index (χ4n) is 2.33. The first-order valence-corrected chi connectivity index (χ1v) is 4.94. The zero-order chi connectivity index (χ0) is 10.6. The van der Waals surface area contributed by atoms with Crippen LogP contribution in [0.4, 0.5) is 0 Å². The molecular weight excluding hydrogens is 400 g/mol. The summed E-state index contributed by atoms with van der Waals surface area (Å²) >= 11 is 0. The van der Waals surface area contributed by atoms with Gasteiger partial charge in [-0.05, 0) is 31.1 Å². The van der Waals surface area contributed by atoms with Crippen molar-refractivity contribution in [1.29, 1.82) is 0 Å². The van der Waals surface area contributed by atoms with Crippen LogP contribution in [0.15, 0.2) is 0 Å². The van der Waals surface area contributed by atoms with Crippen LogP contribution in [0.3, 0.4) is 0 Å². The Labute approximate surface area is 126 Å². The monoisotopic (exact) mass is 412 g/mol. The van der Waals surface area contributed by atoms with E-state index in [0.717, 1.165) is 19.3 Å². The molecule has 1 fully saturated rings. The van der Waals surface area contributed by atoms with E-state index in [1.165, 1.54) is 0 Å².